The summed E-state index contributed by atoms with van der Waals surface area (Å²) in [7, 11) is 0. The smallest absolute Gasteiger partial charge is 0.361 e. The molecule has 176 valence electrons. The lowest BCUT2D eigenvalue weighted by molar-refractivity contribution is -0.120. The summed E-state index contributed by atoms with van der Waals surface area (Å²) in [4.78, 5) is 12.2. The van der Waals surface area contributed by atoms with E-state index in [2.05, 4.69) is 26.7 Å². The van der Waals surface area contributed by atoms with Crippen LogP contribution in [0.4, 0.5) is 18.9 Å². The van der Waals surface area contributed by atoms with Gasteiger partial charge in [-0.2, -0.15) is 18.4 Å². The molecule has 0 bridgehead atoms. The molecular formula is C24H28F3N5S. The molecule has 5 nitrogen and oxygen atoms in total. The number of nitrogens with one attached hydrogen (secondary N) is 1. The van der Waals surface area contributed by atoms with E-state index in [0.29, 0.717) is 23.4 Å². The number of rotatable bonds is 9. The van der Waals surface area contributed by atoms with Gasteiger partial charge in [-0.15, -0.1) is 0 Å². The van der Waals surface area contributed by atoms with Gasteiger partial charge in [0.1, 0.15) is 6.54 Å². The molecule has 1 N–H and O–H groups in total. The van der Waals surface area contributed by atoms with Crippen molar-refractivity contribution >= 4 is 17.6 Å². The lowest BCUT2D eigenvalue weighted by Gasteiger charge is -2.33. The van der Waals surface area contributed by atoms with Crippen LogP contribution in [0.5, 0.6) is 0 Å². The van der Waals surface area contributed by atoms with Crippen molar-refractivity contribution in [3.63, 3.8) is 0 Å². The van der Waals surface area contributed by atoms with E-state index < -0.39 is 12.7 Å². The molecule has 2 heterocycles. The minimum atomic E-state index is -4.25. The van der Waals surface area contributed by atoms with E-state index in [9.17, 15) is 18.4 Å². The fraction of sp³-hybridized carbons (Fsp3) is 0.542. The third-order valence-corrected chi connectivity index (χ3v) is 7.02. The Balaban J connectivity index is 1.54. The van der Waals surface area contributed by atoms with Crippen molar-refractivity contribution in [3.8, 4) is 6.07 Å². The number of halogens is 3. The summed E-state index contributed by atoms with van der Waals surface area (Å²) in [5.74, 6) is 0.275. The van der Waals surface area contributed by atoms with E-state index in [1.807, 2.05) is 19.2 Å². The van der Waals surface area contributed by atoms with E-state index in [1.165, 1.54) is 12.8 Å². The van der Waals surface area contributed by atoms with Gasteiger partial charge in [-0.1, -0.05) is 12.8 Å². The van der Waals surface area contributed by atoms with Gasteiger partial charge in [0.05, 0.1) is 36.1 Å². The topological polar surface area (TPSA) is 64.8 Å². The van der Waals surface area contributed by atoms with Gasteiger partial charge < -0.3 is 4.90 Å². The first-order valence-corrected chi connectivity index (χ1v) is 12.2. The van der Waals surface area contributed by atoms with Gasteiger partial charge in [-0.05, 0) is 68.3 Å². The van der Waals surface area contributed by atoms with Crippen molar-refractivity contribution < 1.29 is 13.2 Å². The number of nitrogens with zero attached hydrogens (tertiary/aromatic N) is 4. The second kappa shape index (κ2) is 10.3. The van der Waals surface area contributed by atoms with Crippen LogP contribution in [0.25, 0.3) is 0 Å². The molecule has 1 unspecified atom stereocenters. The molecule has 33 heavy (non-hydrogen) atoms. The molecule has 0 aromatic carbocycles. The Morgan fingerprint density at radius 3 is 2.55 bits per heavy atom. The van der Waals surface area contributed by atoms with Crippen LogP contribution in [0.2, 0.25) is 0 Å². The van der Waals surface area contributed by atoms with Crippen LogP contribution >= 0.6 is 11.9 Å². The Bertz CT molecular complexity index is 979. The van der Waals surface area contributed by atoms with Crippen molar-refractivity contribution in [1.29, 1.82) is 5.26 Å². The lowest BCUT2D eigenvalue weighted by atomic mass is 9.98. The maximum Gasteiger partial charge on any atom is 0.402 e. The molecule has 2 saturated carbocycles. The Hall–Kier alpha value is -2.31. The number of pyridine rings is 2. The minimum absolute atomic E-state index is 0.240. The zero-order valence-electron chi connectivity index (χ0n) is 18.6. The number of aromatic nitrogens is 2. The van der Waals surface area contributed by atoms with Gasteiger partial charge in [-0.25, -0.2) is 0 Å². The molecule has 2 aliphatic rings. The van der Waals surface area contributed by atoms with Gasteiger partial charge >= 0.3 is 6.18 Å². The average molecular weight is 476 g/mol. The van der Waals surface area contributed by atoms with Crippen molar-refractivity contribution in [3.05, 3.63) is 47.5 Å². The molecule has 0 amide bonds. The first-order valence-electron chi connectivity index (χ1n) is 11.4. The first-order chi connectivity index (χ1) is 15.8. The predicted molar refractivity (Wildman–Crippen MR) is 123 cm³/mol. The van der Waals surface area contributed by atoms with Crippen LogP contribution in [0, 0.1) is 11.3 Å². The van der Waals surface area contributed by atoms with E-state index in [4.69, 9.17) is 4.98 Å². The zero-order chi connectivity index (χ0) is 23.4. The summed E-state index contributed by atoms with van der Waals surface area (Å²) in [6, 6.07) is 8.51. The Morgan fingerprint density at radius 1 is 1.18 bits per heavy atom. The van der Waals surface area contributed by atoms with Gasteiger partial charge in [0, 0.05) is 28.7 Å². The third kappa shape index (κ3) is 6.39. The minimum Gasteiger partial charge on any atom is -0.361 e. The summed E-state index contributed by atoms with van der Waals surface area (Å²) in [5, 5.41) is 9.67. The third-order valence-electron chi connectivity index (χ3n) is 6.26. The highest BCUT2D eigenvalue weighted by atomic mass is 32.2. The zero-order valence-corrected chi connectivity index (χ0v) is 19.4. The number of nitriles is 1. The maximum absolute atomic E-state index is 12.3. The van der Waals surface area contributed by atoms with Crippen LogP contribution < -0.4 is 9.62 Å². The Morgan fingerprint density at radius 2 is 1.94 bits per heavy atom. The molecular weight excluding hydrogens is 447 g/mol. The summed E-state index contributed by atoms with van der Waals surface area (Å²) < 4.78 is 39.3. The van der Waals surface area contributed by atoms with Gasteiger partial charge in [-0.3, -0.25) is 14.7 Å². The SMILES string of the molecule is CC(C#N)c1cc(C2CC2)ncc1N(Cc1ccc(SNCC(F)(F)F)cn1)C1CCCC1. The standard InChI is InChI=1S/C24H28F3N5S/c1-16(11-28)21-10-22(17-6-7-17)30-13-23(21)32(19-4-2-3-5-19)14-18-8-9-20(12-29-18)33-31-15-24(25,26)27/h8-10,12-13,16-17,19,31H,2-7,14-15H2,1H3. The van der Waals surface area contributed by atoms with E-state index in [0.717, 1.165) is 60.3 Å². The fourth-order valence-electron chi connectivity index (χ4n) is 4.31. The van der Waals surface area contributed by atoms with Crippen molar-refractivity contribution in [1.82, 2.24) is 14.7 Å². The Kier molecular flexibility index (Phi) is 7.45. The van der Waals surface area contributed by atoms with E-state index in [-0.39, 0.29) is 5.92 Å². The predicted octanol–water partition coefficient (Wildman–Crippen LogP) is 6.09. The monoisotopic (exact) mass is 475 g/mol. The molecule has 4 rings (SSSR count). The number of alkyl halides is 3. The van der Waals surface area contributed by atoms with E-state index in [1.54, 1.807) is 12.3 Å². The molecule has 2 aromatic heterocycles. The van der Waals surface area contributed by atoms with Gasteiger partial charge in [0.25, 0.3) is 0 Å². The molecule has 0 spiro atoms. The fourth-order valence-corrected chi connectivity index (χ4v) is 4.95. The highest BCUT2D eigenvalue weighted by Crippen LogP contribution is 2.42. The van der Waals surface area contributed by atoms with Crippen molar-refractivity contribution in [2.45, 2.75) is 80.9 Å². The number of hydrogen-bond donors (Lipinski definition) is 1. The molecule has 2 aromatic rings. The summed E-state index contributed by atoms with van der Waals surface area (Å²) in [6.07, 6.45) is 6.11. The highest BCUT2D eigenvalue weighted by Gasteiger charge is 2.30. The summed E-state index contributed by atoms with van der Waals surface area (Å²) >= 11 is 0.924. The van der Waals surface area contributed by atoms with Gasteiger partial charge in [0.2, 0.25) is 0 Å². The molecule has 2 aliphatic carbocycles. The van der Waals surface area contributed by atoms with Crippen LogP contribution in [0.1, 0.15) is 74.2 Å². The lowest BCUT2D eigenvalue weighted by Crippen LogP contribution is -2.34. The number of hydrogen-bond acceptors (Lipinski definition) is 6. The quantitative estimate of drug-likeness (QED) is 0.443. The summed E-state index contributed by atoms with van der Waals surface area (Å²) in [6.45, 7) is 1.44. The first kappa shape index (κ1) is 23.8. The van der Waals surface area contributed by atoms with Crippen LogP contribution in [-0.4, -0.2) is 28.7 Å². The summed E-state index contributed by atoms with van der Waals surface area (Å²) in [5.41, 5.74) is 3.93. The molecule has 1 atom stereocenters. The van der Waals surface area contributed by atoms with Gasteiger partial charge in [0.15, 0.2) is 0 Å². The van der Waals surface area contributed by atoms with Crippen molar-refractivity contribution in [2.75, 3.05) is 11.4 Å². The van der Waals surface area contributed by atoms with E-state index >= 15 is 0 Å². The second-order valence-electron chi connectivity index (χ2n) is 8.88. The largest absolute Gasteiger partial charge is 0.402 e. The van der Waals surface area contributed by atoms with Crippen LogP contribution in [0.3, 0.4) is 0 Å². The molecule has 0 aliphatic heterocycles. The normalized spacial score (nSPS) is 17.7. The molecule has 2 fully saturated rings. The average Bonchev–Trinajstić information content (AvgIpc) is 3.51. The highest BCUT2D eigenvalue weighted by molar-refractivity contribution is 7.97. The second-order valence-corrected chi connectivity index (χ2v) is 9.85. The molecule has 9 heteroatoms. The molecule has 0 radical (unpaired) electrons. The van der Waals surface area contributed by atoms with Crippen LogP contribution in [-0.2, 0) is 6.54 Å². The maximum atomic E-state index is 12.3. The molecule has 0 saturated heterocycles. The van der Waals surface area contributed by atoms with Crippen LogP contribution in [0.15, 0.2) is 35.5 Å². The number of anilines is 1. The van der Waals surface area contributed by atoms with Crippen molar-refractivity contribution in [2.24, 2.45) is 0 Å². The Labute approximate surface area is 196 Å².